The van der Waals surface area contributed by atoms with Crippen LogP contribution in [0, 0.1) is 0 Å². The van der Waals surface area contributed by atoms with Gasteiger partial charge in [-0.25, -0.2) is 0 Å². The van der Waals surface area contributed by atoms with Gasteiger partial charge >= 0.3 is 0 Å². The zero-order valence-electron chi connectivity index (χ0n) is 8.19. The maximum absolute atomic E-state index is 10.9. The number of ether oxygens (including phenoxy) is 1. The van der Waals surface area contributed by atoms with E-state index in [1.807, 2.05) is 0 Å². The van der Waals surface area contributed by atoms with Crippen molar-refractivity contribution in [1.82, 2.24) is 0 Å². The average Bonchev–Trinajstić information content (AvgIpc) is 2.18. The van der Waals surface area contributed by atoms with Crippen LogP contribution in [0.25, 0.3) is 0 Å². The molecule has 1 aromatic carbocycles. The summed E-state index contributed by atoms with van der Waals surface area (Å²) in [6.07, 6.45) is 0.266. The van der Waals surface area contributed by atoms with Crippen molar-refractivity contribution in [1.29, 1.82) is 0 Å². The molecule has 74 valence electrons. The Balaban J connectivity index is 2.76. The van der Waals surface area contributed by atoms with E-state index in [0.29, 0.717) is 11.3 Å². The monoisotopic (exact) mass is 192 g/mol. The Kier molecular flexibility index (Phi) is 3.40. The number of carbonyl (C=O) groups is 2. The lowest BCUT2D eigenvalue weighted by atomic mass is 10.2. The molecule has 0 saturated heterocycles. The van der Waals surface area contributed by atoms with Crippen LogP contribution >= 0.6 is 0 Å². The van der Waals surface area contributed by atoms with Crippen molar-refractivity contribution < 1.29 is 14.3 Å². The third-order valence-corrected chi connectivity index (χ3v) is 1.88. The quantitative estimate of drug-likeness (QED) is 0.684. The van der Waals surface area contributed by atoms with E-state index in [0.717, 1.165) is 6.29 Å². The van der Waals surface area contributed by atoms with E-state index >= 15 is 0 Å². The van der Waals surface area contributed by atoms with Gasteiger partial charge in [0.05, 0.1) is 0 Å². The Morgan fingerprint density at radius 3 is 2.79 bits per heavy atom. The summed E-state index contributed by atoms with van der Waals surface area (Å²) in [4.78, 5) is 21.4. The molecule has 0 aliphatic carbocycles. The first-order chi connectivity index (χ1) is 6.63. The van der Waals surface area contributed by atoms with Crippen LogP contribution in [0.4, 0.5) is 0 Å². The van der Waals surface area contributed by atoms with E-state index in [9.17, 15) is 9.59 Å². The van der Waals surface area contributed by atoms with Gasteiger partial charge < -0.3 is 4.74 Å². The summed E-state index contributed by atoms with van der Waals surface area (Å²) >= 11 is 0. The molecule has 0 heterocycles. The van der Waals surface area contributed by atoms with Crippen LogP contribution < -0.4 is 4.74 Å². The summed E-state index contributed by atoms with van der Waals surface area (Å²) in [5.41, 5.74) is 0.540. The minimum atomic E-state index is -0.475. The van der Waals surface area contributed by atoms with Gasteiger partial charge in [-0.1, -0.05) is 12.1 Å². The number of carbonyl (C=O) groups excluding carboxylic acids is 2. The van der Waals surface area contributed by atoms with E-state index in [1.165, 1.54) is 6.92 Å². The maximum atomic E-state index is 10.9. The SMILES string of the molecule is CC(=O)C(C)Oc1cccc(C=O)c1. The predicted molar refractivity (Wildman–Crippen MR) is 52.6 cm³/mol. The number of Topliss-reactive ketones (excluding diaryl/α,β-unsaturated/α-hetero) is 1. The molecule has 0 N–H and O–H groups in total. The molecule has 0 bridgehead atoms. The lowest BCUT2D eigenvalue weighted by molar-refractivity contribution is -0.122. The summed E-state index contributed by atoms with van der Waals surface area (Å²) in [6.45, 7) is 3.14. The third kappa shape index (κ3) is 2.69. The molecule has 1 aromatic rings. The first-order valence-electron chi connectivity index (χ1n) is 4.36. The van der Waals surface area contributed by atoms with Gasteiger partial charge in [-0.2, -0.15) is 0 Å². The van der Waals surface area contributed by atoms with Gasteiger partial charge in [0.2, 0.25) is 0 Å². The van der Waals surface area contributed by atoms with Crippen LogP contribution in [0.5, 0.6) is 5.75 Å². The lowest BCUT2D eigenvalue weighted by Crippen LogP contribution is -2.20. The Bertz CT molecular complexity index is 344. The average molecular weight is 192 g/mol. The fraction of sp³-hybridized carbons (Fsp3) is 0.273. The van der Waals surface area contributed by atoms with Crippen LogP contribution in [0.15, 0.2) is 24.3 Å². The van der Waals surface area contributed by atoms with E-state index in [-0.39, 0.29) is 5.78 Å². The first-order valence-corrected chi connectivity index (χ1v) is 4.36. The van der Waals surface area contributed by atoms with E-state index in [2.05, 4.69) is 0 Å². The molecule has 14 heavy (non-hydrogen) atoms. The summed E-state index contributed by atoms with van der Waals surface area (Å²) in [5.74, 6) is 0.499. The molecule has 0 saturated carbocycles. The van der Waals surface area contributed by atoms with Gasteiger partial charge in [0.15, 0.2) is 11.9 Å². The zero-order valence-corrected chi connectivity index (χ0v) is 8.19. The number of ketones is 1. The van der Waals surface area contributed by atoms with Crippen LogP contribution in [0.1, 0.15) is 24.2 Å². The van der Waals surface area contributed by atoms with Crippen LogP contribution in [0.3, 0.4) is 0 Å². The van der Waals surface area contributed by atoms with Crippen molar-refractivity contribution in [2.45, 2.75) is 20.0 Å². The standard InChI is InChI=1S/C11H12O3/c1-8(13)9(2)14-11-5-3-4-10(6-11)7-12/h3-7,9H,1-2H3. The highest BCUT2D eigenvalue weighted by Gasteiger charge is 2.08. The van der Waals surface area contributed by atoms with Gasteiger partial charge in [0.25, 0.3) is 0 Å². The van der Waals surface area contributed by atoms with Gasteiger partial charge in [-0.15, -0.1) is 0 Å². The highest BCUT2D eigenvalue weighted by Crippen LogP contribution is 2.13. The van der Waals surface area contributed by atoms with Gasteiger partial charge in [0.1, 0.15) is 12.0 Å². The molecular weight excluding hydrogens is 180 g/mol. The van der Waals surface area contributed by atoms with E-state index in [4.69, 9.17) is 4.74 Å². The summed E-state index contributed by atoms with van der Waals surface area (Å²) in [7, 11) is 0. The lowest BCUT2D eigenvalue weighted by Gasteiger charge is -2.11. The fourth-order valence-electron chi connectivity index (χ4n) is 0.948. The Morgan fingerprint density at radius 1 is 1.50 bits per heavy atom. The predicted octanol–water partition coefficient (Wildman–Crippen LogP) is 1.86. The van der Waals surface area contributed by atoms with Crippen LogP contribution in [0.2, 0.25) is 0 Å². The second-order valence-electron chi connectivity index (χ2n) is 3.06. The number of rotatable bonds is 4. The minimum Gasteiger partial charge on any atom is -0.483 e. The maximum Gasteiger partial charge on any atom is 0.169 e. The third-order valence-electron chi connectivity index (χ3n) is 1.88. The van der Waals surface area contributed by atoms with Crippen molar-refractivity contribution in [3.05, 3.63) is 29.8 Å². The molecule has 3 heteroatoms. The molecule has 0 amide bonds. The van der Waals surface area contributed by atoms with E-state index in [1.54, 1.807) is 31.2 Å². The molecule has 1 atom stereocenters. The molecule has 0 aliphatic heterocycles. The minimum absolute atomic E-state index is 0.0403. The molecule has 0 radical (unpaired) electrons. The summed E-state index contributed by atoms with van der Waals surface area (Å²) in [5, 5.41) is 0. The molecule has 0 aromatic heterocycles. The number of hydrogen-bond donors (Lipinski definition) is 0. The van der Waals surface area contributed by atoms with Gasteiger partial charge in [-0.3, -0.25) is 9.59 Å². The normalized spacial score (nSPS) is 11.9. The van der Waals surface area contributed by atoms with Crippen molar-refractivity contribution in [2.24, 2.45) is 0 Å². The topological polar surface area (TPSA) is 43.4 Å². The van der Waals surface area contributed by atoms with Crippen LogP contribution in [-0.2, 0) is 4.79 Å². The number of hydrogen-bond acceptors (Lipinski definition) is 3. The largest absolute Gasteiger partial charge is 0.483 e. The number of aldehydes is 1. The summed E-state index contributed by atoms with van der Waals surface area (Å²) in [6, 6.07) is 6.71. The van der Waals surface area contributed by atoms with Crippen molar-refractivity contribution in [3.63, 3.8) is 0 Å². The molecule has 3 nitrogen and oxygen atoms in total. The Hall–Kier alpha value is -1.64. The second kappa shape index (κ2) is 4.56. The molecule has 1 unspecified atom stereocenters. The molecular formula is C11H12O3. The zero-order chi connectivity index (χ0) is 10.6. The highest BCUT2D eigenvalue weighted by molar-refractivity contribution is 5.80. The van der Waals surface area contributed by atoms with E-state index < -0.39 is 6.10 Å². The van der Waals surface area contributed by atoms with Gasteiger partial charge in [-0.05, 0) is 26.0 Å². The molecule has 0 spiro atoms. The first kappa shape index (κ1) is 10.4. The number of benzene rings is 1. The molecule has 0 aliphatic rings. The highest BCUT2D eigenvalue weighted by atomic mass is 16.5. The Labute approximate surface area is 82.7 Å². The fourth-order valence-corrected chi connectivity index (χ4v) is 0.948. The van der Waals surface area contributed by atoms with Crippen molar-refractivity contribution >= 4 is 12.1 Å². The second-order valence-corrected chi connectivity index (χ2v) is 3.06. The molecule has 1 rings (SSSR count). The molecule has 0 fully saturated rings. The summed E-state index contributed by atoms with van der Waals surface area (Å²) < 4.78 is 5.31. The van der Waals surface area contributed by atoms with Crippen molar-refractivity contribution in [3.8, 4) is 5.75 Å². The Morgan fingerprint density at radius 2 is 2.21 bits per heavy atom. The smallest absolute Gasteiger partial charge is 0.169 e. The van der Waals surface area contributed by atoms with Crippen molar-refractivity contribution in [2.75, 3.05) is 0 Å². The van der Waals surface area contributed by atoms with Crippen LogP contribution in [-0.4, -0.2) is 18.2 Å². The van der Waals surface area contributed by atoms with Gasteiger partial charge in [0, 0.05) is 5.56 Å².